The van der Waals surface area contributed by atoms with Crippen LogP contribution in [0.4, 0.5) is 0 Å². The van der Waals surface area contributed by atoms with E-state index in [1.54, 1.807) is 0 Å². The lowest BCUT2D eigenvalue weighted by Crippen LogP contribution is -2.40. The van der Waals surface area contributed by atoms with Gasteiger partial charge in [-0.05, 0) is 12.8 Å². The van der Waals surface area contributed by atoms with Crippen LogP contribution in [0.5, 0.6) is 0 Å². The Bertz CT molecular complexity index is 224. The van der Waals surface area contributed by atoms with Crippen LogP contribution in [0.3, 0.4) is 0 Å². The van der Waals surface area contributed by atoms with Crippen LogP contribution in [-0.2, 0) is 19.6 Å². The van der Waals surface area contributed by atoms with Gasteiger partial charge in [-0.2, -0.15) is 9.78 Å². The molecule has 1 N–H and O–H groups in total. The van der Waals surface area contributed by atoms with E-state index in [-0.39, 0.29) is 12.5 Å². The molecule has 0 radical (unpaired) electrons. The second-order valence-electron chi connectivity index (χ2n) is 5.67. The maximum atomic E-state index is 9.09. The lowest BCUT2D eigenvalue weighted by molar-refractivity contribution is -0.531. The van der Waals surface area contributed by atoms with Gasteiger partial charge in [-0.25, -0.2) is 9.78 Å². The van der Waals surface area contributed by atoms with Gasteiger partial charge in [0.25, 0.3) is 0 Å². The molecule has 1 aliphatic heterocycles. The number of hydrogen-bond acceptors (Lipinski definition) is 5. The van der Waals surface area contributed by atoms with Crippen LogP contribution >= 0.6 is 0 Å². The fraction of sp³-hybridized carbons (Fsp3) is 1.00. The quantitative estimate of drug-likeness (QED) is 0.745. The third-order valence-corrected chi connectivity index (χ3v) is 3.90. The molecule has 0 amide bonds. The van der Waals surface area contributed by atoms with E-state index in [0.717, 1.165) is 25.7 Å². The first-order valence-corrected chi connectivity index (χ1v) is 7.57. The molecule has 5 nitrogen and oxygen atoms in total. The van der Waals surface area contributed by atoms with E-state index in [4.69, 9.17) is 24.7 Å². The van der Waals surface area contributed by atoms with Crippen molar-refractivity contribution < 1.29 is 24.7 Å². The van der Waals surface area contributed by atoms with Crippen LogP contribution in [-0.4, -0.2) is 30.7 Å². The van der Waals surface area contributed by atoms with Gasteiger partial charge in [0.1, 0.15) is 0 Å². The van der Waals surface area contributed by atoms with Gasteiger partial charge in [0.2, 0.25) is 5.79 Å². The zero-order valence-electron chi connectivity index (χ0n) is 11.6. The highest BCUT2D eigenvalue weighted by atomic mass is 17.3. The van der Waals surface area contributed by atoms with Gasteiger partial charge < -0.3 is 5.11 Å². The minimum absolute atomic E-state index is 0.0136. The highest BCUT2D eigenvalue weighted by Crippen LogP contribution is 2.31. The largest absolute Gasteiger partial charge is 0.396 e. The maximum Gasteiger partial charge on any atom is 0.233 e. The van der Waals surface area contributed by atoms with Gasteiger partial charge in [-0.1, -0.05) is 32.1 Å². The SMILES string of the molecule is OCC1COOC2(CCCCCCCCC2)OOC1. The summed E-state index contributed by atoms with van der Waals surface area (Å²) in [5, 5.41) is 9.09. The third kappa shape index (κ3) is 5.00. The van der Waals surface area contributed by atoms with Crippen molar-refractivity contribution in [3.63, 3.8) is 0 Å². The molecular formula is C14H26O5. The number of hydrogen-bond donors (Lipinski definition) is 1. The fourth-order valence-corrected chi connectivity index (χ4v) is 2.61. The Morgan fingerprint density at radius 2 is 1.26 bits per heavy atom. The van der Waals surface area contributed by atoms with E-state index in [1.165, 1.54) is 32.1 Å². The van der Waals surface area contributed by atoms with Crippen molar-refractivity contribution in [3.05, 3.63) is 0 Å². The minimum Gasteiger partial charge on any atom is -0.396 e. The molecule has 0 aromatic rings. The summed E-state index contributed by atoms with van der Waals surface area (Å²) >= 11 is 0. The first kappa shape index (κ1) is 15.2. The molecule has 2 rings (SSSR count). The first-order valence-electron chi connectivity index (χ1n) is 7.57. The summed E-state index contributed by atoms with van der Waals surface area (Å²) in [6.45, 7) is 0.711. The van der Waals surface area contributed by atoms with Crippen molar-refractivity contribution in [1.82, 2.24) is 0 Å². The normalized spacial score (nSPS) is 27.6. The summed E-state index contributed by atoms with van der Waals surface area (Å²) in [5.41, 5.74) is 0. The van der Waals surface area contributed by atoms with Crippen molar-refractivity contribution in [1.29, 1.82) is 0 Å². The number of aliphatic hydroxyl groups is 1. The lowest BCUT2D eigenvalue weighted by Gasteiger charge is -2.34. The van der Waals surface area contributed by atoms with Gasteiger partial charge in [-0.3, -0.25) is 0 Å². The molecule has 1 spiro atoms. The van der Waals surface area contributed by atoms with Crippen molar-refractivity contribution in [3.8, 4) is 0 Å². The van der Waals surface area contributed by atoms with E-state index in [0.29, 0.717) is 13.2 Å². The molecule has 1 aliphatic carbocycles. The molecule has 19 heavy (non-hydrogen) atoms. The smallest absolute Gasteiger partial charge is 0.233 e. The Hall–Kier alpha value is -0.200. The van der Waals surface area contributed by atoms with E-state index >= 15 is 0 Å². The summed E-state index contributed by atoms with van der Waals surface area (Å²) in [4.78, 5) is 21.6. The molecule has 0 aromatic carbocycles. The predicted octanol–water partition coefficient (Wildman–Crippen LogP) is 2.73. The molecule has 0 aromatic heterocycles. The Kier molecular flexibility index (Phi) is 6.53. The van der Waals surface area contributed by atoms with Gasteiger partial charge in [-0.15, -0.1) is 0 Å². The fourth-order valence-electron chi connectivity index (χ4n) is 2.61. The number of aliphatic hydroxyl groups excluding tert-OH is 1. The van der Waals surface area contributed by atoms with Gasteiger partial charge in [0.15, 0.2) is 0 Å². The Labute approximate surface area is 115 Å². The summed E-state index contributed by atoms with van der Waals surface area (Å²) in [6.07, 6.45) is 10.0. The monoisotopic (exact) mass is 274 g/mol. The number of rotatable bonds is 1. The molecule has 0 unspecified atom stereocenters. The Morgan fingerprint density at radius 1 is 0.789 bits per heavy atom. The van der Waals surface area contributed by atoms with Crippen molar-refractivity contribution >= 4 is 0 Å². The average Bonchev–Trinajstić information content (AvgIpc) is 2.41. The second-order valence-corrected chi connectivity index (χ2v) is 5.67. The molecule has 1 saturated heterocycles. The molecule has 2 aliphatic rings. The lowest BCUT2D eigenvalue weighted by atomic mass is 9.97. The highest BCUT2D eigenvalue weighted by molar-refractivity contribution is 4.70. The van der Waals surface area contributed by atoms with Crippen LogP contribution in [0, 0.1) is 5.92 Å². The van der Waals surface area contributed by atoms with Crippen molar-refractivity contribution in [2.45, 2.75) is 63.6 Å². The summed E-state index contributed by atoms with van der Waals surface area (Å²) in [7, 11) is 0. The average molecular weight is 274 g/mol. The summed E-state index contributed by atoms with van der Waals surface area (Å²) in [6, 6.07) is 0. The zero-order valence-corrected chi connectivity index (χ0v) is 11.6. The van der Waals surface area contributed by atoms with Crippen LogP contribution < -0.4 is 0 Å². The molecule has 0 atom stereocenters. The predicted molar refractivity (Wildman–Crippen MR) is 68.9 cm³/mol. The first-order chi connectivity index (χ1) is 9.35. The van der Waals surface area contributed by atoms with Crippen molar-refractivity contribution in [2.75, 3.05) is 19.8 Å². The molecular weight excluding hydrogens is 248 g/mol. The molecule has 1 heterocycles. The second kappa shape index (κ2) is 8.17. The highest BCUT2D eigenvalue weighted by Gasteiger charge is 2.36. The Balaban J connectivity index is 1.89. The summed E-state index contributed by atoms with van der Waals surface area (Å²) < 4.78 is 0. The van der Waals surface area contributed by atoms with Crippen LogP contribution in [0.15, 0.2) is 0 Å². The topological polar surface area (TPSA) is 57.2 Å². The standard InChI is InChI=1S/C14H26O5/c15-10-13-11-16-18-14(19-17-12-13)8-6-4-2-1-3-5-7-9-14/h13,15H,1-12H2. The Morgan fingerprint density at radius 3 is 1.74 bits per heavy atom. The zero-order chi connectivity index (χ0) is 13.4. The van der Waals surface area contributed by atoms with Gasteiger partial charge in [0, 0.05) is 18.8 Å². The van der Waals surface area contributed by atoms with E-state index in [2.05, 4.69) is 0 Å². The van der Waals surface area contributed by atoms with E-state index < -0.39 is 5.79 Å². The molecule has 1 saturated carbocycles. The van der Waals surface area contributed by atoms with Crippen LogP contribution in [0.25, 0.3) is 0 Å². The van der Waals surface area contributed by atoms with E-state index in [9.17, 15) is 0 Å². The van der Waals surface area contributed by atoms with Gasteiger partial charge in [0.05, 0.1) is 19.8 Å². The third-order valence-electron chi connectivity index (χ3n) is 3.90. The molecule has 0 bridgehead atoms. The van der Waals surface area contributed by atoms with E-state index in [1.807, 2.05) is 0 Å². The summed E-state index contributed by atoms with van der Waals surface area (Å²) in [5.74, 6) is -0.838. The van der Waals surface area contributed by atoms with Gasteiger partial charge >= 0.3 is 0 Å². The maximum absolute atomic E-state index is 9.09. The van der Waals surface area contributed by atoms with Crippen LogP contribution in [0.2, 0.25) is 0 Å². The minimum atomic E-state index is -0.752. The molecule has 5 heteroatoms. The van der Waals surface area contributed by atoms with Crippen molar-refractivity contribution in [2.24, 2.45) is 5.92 Å². The molecule has 2 fully saturated rings. The molecule has 112 valence electrons. The van der Waals surface area contributed by atoms with Crippen LogP contribution in [0.1, 0.15) is 57.8 Å².